The molecule has 1 aromatic rings. The van der Waals surface area contributed by atoms with Gasteiger partial charge in [0.2, 0.25) is 10.0 Å². The van der Waals surface area contributed by atoms with Crippen LogP contribution in [0.2, 0.25) is 0 Å². The van der Waals surface area contributed by atoms with Crippen LogP contribution in [0.4, 0.5) is 0 Å². The van der Waals surface area contributed by atoms with Gasteiger partial charge in [0, 0.05) is 18.8 Å². The van der Waals surface area contributed by atoms with Crippen LogP contribution in [0.25, 0.3) is 0 Å². The van der Waals surface area contributed by atoms with Gasteiger partial charge in [0.1, 0.15) is 17.2 Å². The summed E-state index contributed by atoms with van der Waals surface area (Å²) in [6.45, 7) is 3.07. The molecule has 2 rings (SSSR count). The second-order valence-corrected chi connectivity index (χ2v) is 6.55. The average molecular weight is 316 g/mol. The van der Waals surface area contributed by atoms with Gasteiger partial charge in [0.15, 0.2) is 0 Å². The molecule has 118 valence electrons. The SMILES string of the molecule is CCCOCCOC(=O)c1cc(S(N)(=O)=O)cn1C1CC1. The maximum Gasteiger partial charge on any atom is 0.355 e. The van der Waals surface area contributed by atoms with E-state index in [0.717, 1.165) is 19.3 Å². The van der Waals surface area contributed by atoms with E-state index in [1.165, 1.54) is 12.3 Å². The summed E-state index contributed by atoms with van der Waals surface area (Å²) in [7, 11) is -3.83. The van der Waals surface area contributed by atoms with Crippen LogP contribution >= 0.6 is 0 Å². The maximum absolute atomic E-state index is 12.0. The molecule has 0 radical (unpaired) electrons. The summed E-state index contributed by atoms with van der Waals surface area (Å²) >= 11 is 0. The number of carbonyl (C=O) groups is 1. The Morgan fingerprint density at radius 3 is 2.67 bits per heavy atom. The van der Waals surface area contributed by atoms with Crippen molar-refractivity contribution >= 4 is 16.0 Å². The molecule has 1 aromatic heterocycles. The molecule has 0 aliphatic heterocycles. The van der Waals surface area contributed by atoms with E-state index in [4.69, 9.17) is 14.6 Å². The Kier molecular flexibility index (Phi) is 5.02. The van der Waals surface area contributed by atoms with Crippen LogP contribution < -0.4 is 5.14 Å². The lowest BCUT2D eigenvalue weighted by Crippen LogP contribution is -2.14. The molecule has 1 aliphatic rings. The van der Waals surface area contributed by atoms with Crippen molar-refractivity contribution in [2.45, 2.75) is 37.1 Å². The number of primary sulfonamides is 1. The molecule has 1 fully saturated rings. The molecule has 0 unspecified atom stereocenters. The van der Waals surface area contributed by atoms with Gasteiger partial charge in [-0.05, 0) is 25.3 Å². The number of ether oxygens (including phenoxy) is 2. The molecular weight excluding hydrogens is 296 g/mol. The van der Waals surface area contributed by atoms with E-state index in [2.05, 4.69) is 0 Å². The van der Waals surface area contributed by atoms with Gasteiger partial charge in [-0.2, -0.15) is 0 Å². The molecule has 0 aromatic carbocycles. The van der Waals surface area contributed by atoms with Gasteiger partial charge in [-0.25, -0.2) is 18.4 Å². The zero-order valence-corrected chi connectivity index (χ0v) is 12.8. The summed E-state index contributed by atoms with van der Waals surface area (Å²) in [5.41, 5.74) is 0.219. The molecule has 2 N–H and O–H groups in total. The monoisotopic (exact) mass is 316 g/mol. The number of hydrogen-bond donors (Lipinski definition) is 1. The van der Waals surface area contributed by atoms with Crippen LogP contribution in [-0.4, -0.2) is 38.8 Å². The summed E-state index contributed by atoms with van der Waals surface area (Å²) in [6, 6.07) is 1.42. The van der Waals surface area contributed by atoms with E-state index in [-0.39, 0.29) is 23.2 Å². The van der Waals surface area contributed by atoms with Crippen molar-refractivity contribution in [2.24, 2.45) is 5.14 Å². The third-order valence-electron chi connectivity index (χ3n) is 3.11. The highest BCUT2D eigenvalue weighted by atomic mass is 32.2. The smallest absolute Gasteiger partial charge is 0.355 e. The van der Waals surface area contributed by atoms with Crippen LogP contribution in [-0.2, 0) is 19.5 Å². The predicted octanol–water partition coefficient (Wildman–Crippen LogP) is 1.05. The molecule has 0 saturated heterocycles. The summed E-state index contributed by atoms with van der Waals surface area (Å²) in [4.78, 5) is 12.0. The minimum atomic E-state index is -3.83. The lowest BCUT2D eigenvalue weighted by Gasteiger charge is -2.08. The fourth-order valence-electron chi connectivity index (χ4n) is 1.94. The Morgan fingerprint density at radius 1 is 1.38 bits per heavy atom. The number of rotatable bonds is 8. The lowest BCUT2D eigenvalue weighted by molar-refractivity contribution is 0.0308. The number of nitrogens with zero attached hydrogens (tertiary/aromatic N) is 1. The van der Waals surface area contributed by atoms with Crippen LogP contribution in [0.5, 0.6) is 0 Å². The molecule has 0 atom stereocenters. The minimum Gasteiger partial charge on any atom is -0.459 e. The number of nitrogens with two attached hydrogens (primary N) is 1. The molecule has 21 heavy (non-hydrogen) atoms. The van der Waals surface area contributed by atoms with E-state index in [9.17, 15) is 13.2 Å². The third kappa shape index (κ3) is 4.29. The molecule has 1 aliphatic carbocycles. The molecule has 7 nitrogen and oxygen atoms in total. The standard InChI is InChI=1S/C13H20N2O5S/c1-2-5-19-6-7-20-13(16)12-8-11(21(14,17)18)9-15(12)10-3-4-10/h8-10H,2-7H2,1H3,(H2,14,17,18). The first-order chi connectivity index (χ1) is 9.93. The van der Waals surface area contributed by atoms with Gasteiger partial charge < -0.3 is 14.0 Å². The first kappa shape index (κ1) is 16.0. The van der Waals surface area contributed by atoms with Gasteiger partial charge in [0.05, 0.1) is 6.61 Å². The van der Waals surface area contributed by atoms with Gasteiger partial charge in [-0.1, -0.05) is 6.92 Å². The highest BCUT2D eigenvalue weighted by Crippen LogP contribution is 2.37. The van der Waals surface area contributed by atoms with Gasteiger partial charge >= 0.3 is 5.97 Å². The third-order valence-corrected chi connectivity index (χ3v) is 3.99. The Morgan fingerprint density at radius 2 is 2.10 bits per heavy atom. The van der Waals surface area contributed by atoms with E-state index >= 15 is 0 Å². The molecule has 8 heteroatoms. The number of aromatic nitrogens is 1. The zero-order valence-electron chi connectivity index (χ0n) is 11.9. The summed E-state index contributed by atoms with van der Waals surface area (Å²) in [5.74, 6) is -0.558. The summed E-state index contributed by atoms with van der Waals surface area (Å²) < 4.78 is 34.7. The number of carbonyl (C=O) groups excluding carboxylic acids is 1. The van der Waals surface area contributed by atoms with Gasteiger partial charge in [-0.3, -0.25) is 0 Å². The molecule has 1 saturated carbocycles. The van der Waals surface area contributed by atoms with E-state index < -0.39 is 16.0 Å². The van der Waals surface area contributed by atoms with Crippen molar-refractivity contribution in [1.29, 1.82) is 0 Å². The van der Waals surface area contributed by atoms with E-state index in [0.29, 0.717) is 13.2 Å². The molecule has 0 amide bonds. The first-order valence-electron chi connectivity index (χ1n) is 6.93. The Hall–Kier alpha value is -1.38. The topological polar surface area (TPSA) is 101 Å². The second kappa shape index (κ2) is 6.59. The van der Waals surface area contributed by atoms with Crippen molar-refractivity contribution in [3.63, 3.8) is 0 Å². The number of esters is 1. The molecule has 0 bridgehead atoms. The van der Waals surface area contributed by atoms with Crippen LogP contribution in [0.15, 0.2) is 17.2 Å². The zero-order chi connectivity index (χ0) is 15.5. The number of hydrogen-bond acceptors (Lipinski definition) is 5. The second-order valence-electron chi connectivity index (χ2n) is 4.99. The largest absolute Gasteiger partial charge is 0.459 e. The lowest BCUT2D eigenvalue weighted by atomic mass is 10.4. The normalized spacial score (nSPS) is 15.1. The molecule has 1 heterocycles. The Balaban J connectivity index is 2.04. The fraction of sp³-hybridized carbons (Fsp3) is 0.615. The average Bonchev–Trinajstić information content (AvgIpc) is 3.15. The van der Waals surface area contributed by atoms with Crippen LogP contribution in [0.1, 0.15) is 42.7 Å². The van der Waals surface area contributed by atoms with Crippen LogP contribution in [0.3, 0.4) is 0 Å². The van der Waals surface area contributed by atoms with Crippen molar-refractivity contribution in [3.8, 4) is 0 Å². The Labute approximate surface area is 124 Å². The predicted molar refractivity (Wildman–Crippen MR) is 75.5 cm³/mol. The van der Waals surface area contributed by atoms with Crippen molar-refractivity contribution in [3.05, 3.63) is 18.0 Å². The summed E-state index contributed by atoms with van der Waals surface area (Å²) in [6.07, 6.45) is 4.13. The van der Waals surface area contributed by atoms with E-state index in [1.807, 2.05) is 6.92 Å². The van der Waals surface area contributed by atoms with Gasteiger partial charge in [-0.15, -0.1) is 0 Å². The minimum absolute atomic E-state index is 0.0661. The summed E-state index contributed by atoms with van der Waals surface area (Å²) in [5, 5.41) is 5.10. The molecular formula is C13H20N2O5S. The van der Waals surface area contributed by atoms with Gasteiger partial charge in [0.25, 0.3) is 0 Å². The van der Waals surface area contributed by atoms with Crippen molar-refractivity contribution in [2.75, 3.05) is 19.8 Å². The first-order valence-corrected chi connectivity index (χ1v) is 8.47. The maximum atomic E-state index is 12.0. The highest BCUT2D eigenvalue weighted by Gasteiger charge is 2.30. The quantitative estimate of drug-likeness (QED) is 0.571. The van der Waals surface area contributed by atoms with Crippen molar-refractivity contribution < 1.29 is 22.7 Å². The fourth-order valence-corrected chi connectivity index (χ4v) is 2.48. The Bertz CT molecular complexity index is 604. The number of sulfonamides is 1. The van der Waals surface area contributed by atoms with Crippen molar-refractivity contribution in [1.82, 2.24) is 4.57 Å². The van der Waals surface area contributed by atoms with Crippen LogP contribution in [0, 0.1) is 0 Å². The highest BCUT2D eigenvalue weighted by molar-refractivity contribution is 7.89. The van der Waals surface area contributed by atoms with E-state index in [1.54, 1.807) is 4.57 Å². The molecule has 0 spiro atoms.